The molecular formula is C13H19N3O2. The van der Waals surface area contributed by atoms with Gasteiger partial charge in [-0.2, -0.15) is 0 Å². The molecular weight excluding hydrogens is 230 g/mol. The summed E-state index contributed by atoms with van der Waals surface area (Å²) in [5.74, 6) is 0.455. The van der Waals surface area contributed by atoms with E-state index in [0.717, 1.165) is 32.4 Å². The SMILES string of the molecule is NCCC1CCN(C(=O)c2ccc[nH]c2=O)CC1. The van der Waals surface area contributed by atoms with Crippen molar-refractivity contribution in [2.24, 2.45) is 11.7 Å². The molecule has 2 rings (SSSR count). The van der Waals surface area contributed by atoms with E-state index in [1.807, 2.05) is 0 Å². The maximum Gasteiger partial charge on any atom is 0.260 e. The van der Waals surface area contributed by atoms with Crippen molar-refractivity contribution in [2.75, 3.05) is 19.6 Å². The van der Waals surface area contributed by atoms with Crippen LogP contribution in [0.15, 0.2) is 23.1 Å². The first-order valence-corrected chi connectivity index (χ1v) is 6.39. The maximum absolute atomic E-state index is 12.2. The van der Waals surface area contributed by atoms with Crippen molar-refractivity contribution >= 4 is 5.91 Å². The molecule has 0 radical (unpaired) electrons. The third-order valence-electron chi connectivity index (χ3n) is 3.53. The van der Waals surface area contributed by atoms with Gasteiger partial charge in [0.2, 0.25) is 0 Å². The number of nitrogens with one attached hydrogen (secondary N) is 1. The molecule has 1 aliphatic rings. The fourth-order valence-corrected chi connectivity index (χ4v) is 2.42. The van der Waals surface area contributed by atoms with Crippen LogP contribution in [0.25, 0.3) is 0 Å². The highest BCUT2D eigenvalue weighted by Crippen LogP contribution is 2.20. The zero-order chi connectivity index (χ0) is 13.0. The third kappa shape index (κ3) is 2.79. The normalized spacial score (nSPS) is 16.8. The Labute approximate surface area is 106 Å². The summed E-state index contributed by atoms with van der Waals surface area (Å²) >= 11 is 0. The lowest BCUT2D eigenvalue weighted by molar-refractivity contribution is 0.0686. The van der Waals surface area contributed by atoms with Gasteiger partial charge in [0.15, 0.2) is 0 Å². The van der Waals surface area contributed by atoms with E-state index in [4.69, 9.17) is 5.73 Å². The van der Waals surface area contributed by atoms with Crippen molar-refractivity contribution in [2.45, 2.75) is 19.3 Å². The monoisotopic (exact) mass is 249 g/mol. The van der Waals surface area contributed by atoms with Gasteiger partial charge in [-0.25, -0.2) is 0 Å². The summed E-state index contributed by atoms with van der Waals surface area (Å²) in [4.78, 5) is 28.0. The molecule has 0 unspecified atom stereocenters. The highest BCUT2D eigenvalue weighted by Gasteiger charge is 2.24. The Hall–Kier alpha value is -1.62. The fourth-order valence-electron chi connectivity index (χ4n) is 2.42. The molecule has 1 aliphatic heterocycles. The zero-order valence-corrected chi connectivity index (χ0v) is 10.4. The van der Waals surface area contributed by atoms with Gasteiger partial charge >= 0.3 is 0 Å². The average Bonchev–Trinajstić information content (AvgIpc) is 2.40. The van der Waals surface area contributed by atoms with Gasteiger partial charge in [0.25, 0.3) is 11.5 Å². The molecule has 0 aromatic carbocycles. The summed E-state index contributed by atoms with van der Waals surface area (Å²) in [7, 11) is 0. The number of hydrogen-bond acceptors (Lipinski definition) is 3. The van der Waals surface area contributed by atoms with Gasteiger partial charge in [0.05, 0.1) is 0 Å². The van der Waals surface area contributed by atoms with E-state index in [0.29, 0.717) is 12.5 Å². The topological polar surface area (TPSA) is 79.2 Å². The Morgan fingerprint density at radius 2 is 2.17 bits per heavy atom. The van der Waals surface area contributed by atoms with Crippen molar-refractivity contribution < 1.29 is 4.79 Å². The van der Waals surface area contributed by atoms with Crippen LogP contribution in [0.2, 0.25) is 0 Å². The minimum atomic E-state index is -0.313. The molecule has 0 bridgehead atoms. The molecule has 0 aliphatic carbocycles. The van der Waals surface area contributed by atoms with E-state index in [2.05, 4.69) is 4.98 Å². The second-order valence-corrected chi connectivity index (χ2v) is 4.73. The van der Waals surface area contributed by atoms with Crippen molar-refractivity contribution in [1.82, 2.24) is 9.88 Å². The highest BCUT2D eigenvalue weighted by atomic mass is 16.2. The Bertz CT molecular complexity index is 461. The zero-order valence-electron chi connectivity index (χ0n) is 10.4. The highest BCUT2D eigenvalue weighted by molar-refractivity contribution is 5.93. The van der Waals surface area contributed by atoms with Gasteiger partial charge in [0.1, 0.15) is 5.56 Å². The van der Waals surface area contributed by atoms with E-state index in [9.17, 15) is 9.59 Å². The van der Waals surface area contributed by atoms with E-state index in [1.165, 1.54) is 6.20 Å². The Kier molecular flexibility index (Phi) is 4.15. The molecule has 1 amide bonds. The fraction of sp³-hybridized carbons (Fsp3) is 0.538. The van der Waals surface area contributed by atoms with Crippen LogP contribution < -0.4 is 11.3 Å². The first-order chi connectivity index (χ1) is 8.72. The number of H-pyrrole nitrogens is 1. The molecule has 5 heteroatoms. The molecule has 0 spiro atoms. The van der Waals surface area contributed by atoms with Crippen LogP contribution in [-0.2, 0) is 0 Å². The van der Waals surface area contributed by atoms with Gasteiger partial charge in [-0.05, 0) is 43.9 Å². The number of aromatic nitrogens is 1. The van der Waals surface area contributed by atoms with E-state index < -0.39 is 0 Å². The number of amides is 1. The summed E-state index contributed by atoms with van der Waals surface area (Å²) in [6.07, 6.45) is 4.52. The van der Waals surface area contributed by atoms with Crippen molar-refractivity contribution in [3.63, 3.8) is 0 Å². The number of aromatic amines is 1. The van der Waals surface area contributed by atoms with Crippen LogP contribution in [0.5, 0.6) is 0 Å². The molecule has 0 atom stereocenters. The molecule has 1 aromatic heterocycles. The first kappa shape index (κ1) is 12.8. The van der Waals surface area contributed by atoms with Crippen LogP contribution in [0.4, 0.5) is 0 Å². The third-order valence-corrected chi connectivity index (χ3v) is 3.53. The summed E-state index contributed by atoms with van der Waals surface area (Å²) in [6.45, 7) is 2.15. The lowest BCUT2D eigenvalue weighted by Gasteiger charge is -2.31. The number of rotatable bonds is 3. The summed E-state index contributed by atoms with van der Waals surface area (Å²) in [6, 6.07) is 3.25. The molecule has 18 heavy (non-hydrogen) atoms. The molecule has 2 heterocycles. The average molecular weight is 249 g/mol. The lowest BCUT2D eigenvalue weighted by atomic mass is 9.93. The van der Waals surface area contributed by atoms with Gasteiger partial charge in [-0.1, -0.05) is 0 Å². The second-order valence-electron chi connectivity index (χ2n) is 4.73. The molecule has 3 N–H and O–H groups in total. The predicted octanol–water partition coefficient (Wildman–Crippen LogP) is 0.576. The van der Waals surface area contributed by atoms with Crippen LogP contribution in [0.3, 0.4) is 0 Å². The maximum atomic E-state index is 12.2. The van der Waals surface area contributed by atoms with Crippen LogP contribution in [0.1, 0.15) is 29.6 Å². The van der Waals surface area contributed by atoms with Crippen molar-refractivity contribution in [3.8, 4) is 0 Å². The van der Waals surface area contributed by atoms with E-state index >= 15 is 0 Å². The van der Waals surface area contributed by atoms with Crippen LogP contribution >= 0.6 is 0 Å². The van der Waals surface area contributed by atoms with Gasteiger partial charge in [-0.15, -0.1) is 0 Å². The quantitative estimate of drug-likeness (QED) is 0.822. The van der Waals surface area contributed by atoms with Crippen molar-refractivity contribution in [1.29, 1.82) is 0 Å². The van der Waals surface area contributed by atoms with Gasteiger partial charge in [0, 0.05) is 19.3 Å². The van der Waals surface area contributed by atoms with Gasteiger partial charge < -0.3 is 15.6 Å². The van der Waals surface area contributed by atoms with E-state index in [1.54, 1.807) is 17.0 Å². The first-order valence-electron chi connectivity index (χ1n) is 6.39. The Balaban J connectivity index is 2.00. The van der Waals surface area contributed by atoms with Crippen LogP contribution in [-0.4, -0.2) is 35.4 Å². The number of pyridine rings is 1. The molecule has 5 nitrogen and oxygen atoms in total. The summed E-state index contributed by atoms with van der Waals surface area (Å²) < 4.78 is 0. The largest absolute Gasteiger partial charge is 0.338 e. The van der Waals surface area contributed by atoms with Gasteiger partial charge in [-0.3, -0.25) is 9.59 Å². The number of carbonyl (C=O) groups is 1. The smallest absolute Gasteiger partial charge is 0.260 e. The van der Waals surface area contributed by atoms with Crippen LogP contribution in [0, 0.1) is 5.92 Å². The predicted molar refractivity (Wildman–Crippen MR) is 69.4 cm³/mol. The number of nitrogens with two attached hydrogens (primary N) is 1. The minimum absolute atomic E-state index is 0.164. The number of likely N-dealkylation sites (tertiary alicyclic amines) is 1. The number of hydrogen-bond donors (Lipinski definition) is 2. The number of carbonyl (C=O) groups excluding carboxylic acids is 1. The molecule has 1 aromatic rings. The summed E-state index contributed by atoms with van der Waals surface area (Å²) in [5.41, 5.74) is 5.46. The molecule has 98 valence electrons. The van der Waals surface area contributed by atoms with E-state index in [-0.39, 0.29) is 17.0 Å². The minimum Gasteiger partial charge on any atom is -0.338 e. The Morgan fingerprint density at radius 3 is 2.78 bits per heavy atom. The number of nitrogens with zero attached hydrogens (tertiary/aromatic N) is 1. The molecule has 1 saturated heterocycles. The molecule has 0 saturated carbocycles. The standard InChI is InChI=1S/C13H19N3O2/c14-6-3-10-4-8-16(9-5-10)13(18)11-2-1-7-15-12(11)17/h1-2,7,10H,3-6,8-9,14H2,(H,15,17). The molecule has 1 fully saturated rings. The summed E-state index contributed by atoms with van der Waals surface area (Å²) in [5, 5.41) is 0. The second kappa shape index (κ2) is 5.82. The Morgan fingerprint density at radius 1 is 1.44 bits per heavy atom. The van der Waals surface area contributed by atoms with Crippen molar-refractivity contribution in [3.05, 3.63) is 34.2 Å². The number of piperidine rings is 1. The lowest BCUT2D eigenvalue weighted by Crippen LogP contribution is -2.40.